The van der Waals surface area contributed by atoms with Gasteiger partial charge in [0, 0.05) is 12.0 Å². The van der Waals surface area contributed by atoms with Gasteiger partial charge in [-0.3, -0.25) is 4.79 Å². The third kappa shape index (κ3) is 5.39. The van der Waals surface area contributed by atoms with Gasteiger partial charge in [-0.05, 0) is 47.0 Å². The number of nitrogens with zero attached hydrogens (tertiary/aromatic N) is 1. The molecule has 1 heterocycles. The van der Waals surface area contributed by atoms with E-state index < -0.39 is 17.6 Å². The molecule has 0 aromatic carbocycles. The average Bonchev–Trinajstić information content (AvgIpc) is 3.14. The standard InChI is InChI=1S/C21H36N2O5/c1-7-10-13(11-8-2)17-16-15(22-20(25)27-21(4,5)6)12-14(18(16)28-23-17)19(24)26-9-3/h13-16,18H,7-12H2,1-6H3,(H,22,25)/t14-,15+,16?,18+/m0/s1. The fourth-order valence-corrected chi connectivity index (χ4v) is 4.30. The summed E-state index contributed by atoms with van der Waals surface area (Å²) in [6.45, 7) is 11.9. The van der Waals surface area contributed by atoms with Crippen LogP contribution in [0.2, 0.25) is 0 Å². The summed E-state index contributed by atoms with van der Waals surface area (Å²) in [7, 11) is 0. The molecule has 1 N–H and O–H groups in total. The first-order valence-corrected chi connectivity index (χ1v) is 10.6. The predicted molar refractivity (Wildman–Crippen MR) is 107 cm³/mol. The Labute approximate surface area is 168 Å². The monoisotopic (exact) mass is 396 g/mol. The van der Waals surface area contributed by atoms with E-state index >= 15 is 0 Å². The Morgan fingerprint density at radius 3 is 2.39 bits per heavy atom. The average molecular weight is 397 g/mol. The number of hydrogen-bond acceptors (Lipinski definition) is 6. The van der Waals surface area contributed by atoms with Gasteiger partial charge in [-0.1, -0.05) is 31.8 Å². The molecule has 4 atom stereocenters. The molecule has 0 saturated heterocycles. The maximum atomic E-state index is 12.5. The van der Waals surface area contributed by atoms with Crippen LogP contribution in [-0.4, -0.2) is 42.1 Å². The van der Waals surface area contributed by atoms with E-state index in [0.29, 0.717) is 18.9 Å². The molecule has 160 valence electrons. The summed E-state index contributed by atoms with van der Waals surface area (Å²) < 4.78 is 10.7. The number of alkyl carbamates (subject to hydrolysis) is 1. The third-order valence-corrected chi connectivity index (χ3v) is 5.30. The van der Waals surface area contributed by atoms with Crippen molar-refractivity contribution in [3.8, 4) is 0 Å². The van der Waals surface area contributed by atoms with Crippen molar-refractivity contribution in [3.05, 3.63) is 0 Å². The van der Waals surface area contributed by atoms with Crippen molar-refractivity contribution in [2.75, 3.05) is 6.61 Å². The van der Waals surface area contributed by atoms with Crippen molar-refractivity contribution >= 4 is 17.8 Å². The van der Waals surface area contributed by atoms with Crippen LogP contribution < -0.4 is 5.32 Å². The van der Waals surface area contributed by atoms with Crippen molar-refractivity contribution in [3.63, 3.8) is 0 Å². The summed E-state index contributed by atoms with van der Waals surface area (Å²) in [4.78, 5) is 30.6. The van der Waals surface area contributed by atoms with Crippen LogP contribution in [0.15, 0.2) is 5.16 Å². The molecule has 2 rings (SSSR count). The van der Waals surface area contributed by atoms with Crippen LogP contribution in [0, 0.1) is 17.8 Å². The first kappa shape index (κ1) is 22.5. The molecule has 0 aromatic rings. The van der Waals surface area contributed by atoms with Gasteiger partial charge in [-0.25, -0.2) is 4.79 Å². The highest BCUT2D eigenvalue weighted by atomic mass is 16.6. The maximum absolute atomic E-state index is 12.5. The molecule has 0 radical (unpaired) electrons. The van der Waals surface area contributed by atoms with Crippen molar-refractivity contribution in [1.29, 1.82) is 0 Å². The summed E-state index contributed by atoms with van der Waals surface area (Å²) in [5, 5.41) is 7.37. The van der Waals surface area contributed by atoms with Crippen LogP contribution in [0.4, 0.5) is 4.79 Å². The Morgan fingerprint density at radius 2 is 1.86 bits per heavy atom. The van der Waals surface area contributed by atoms with Gasteiger partial charge >= 0.3 is 12.1 Å². The lowest BCUT2D eigenvalue weighted by Gasteiger charge is -2.26. The van der Waals surface area contributed by atoms with Gasteiger partial charge in [-0.15, -0.1) is 0 Å². The molecule has 7 heteroatoms. The summed E-state index contributed by atoms with van der Waals surface area (Å²) in [6, 6.07) is -0.258. The van der Waals surface area contributed by atoms with Gasteiger partial charge in [0.1, 0.15) is 5.60 Å². The molecule has 2 aliphatic rings. The first-order chi connectivity index (χ1) is 13.2. The highest BCUT2D eigenvalue weighted by Crippen LogP contribution is 2.42. The van der Waals surface area contributed by atoms with Crippen LogP contribution >= 0.6 is 0 Å². The number of rotatable bonds is 8. The van der Waals surface area contributed by atoms with E-state index in [-0.39, 0.29) is 24.0 Å². The SMILES string of the molecule is CCCC(CCC)C1=NO[C@H]2C1[C@H](NC(=O)OC(C)(C)C)C[C@@H]2C(=O)OCC. The number of amides is 1. The van der Waals surface area contributed by atoms with E-state index in [0.717, 1.165) is 31.4 Å². The Hall–Kier alpha value is -1.79. The molecular weight excluding hydrogens is 360 g/mol. The maximum Gasteiger partial charge on any atom is 0.407 e. The zero-order chi connectivity index (χ0) is 20.9. The van der Waals surface area contributed by atoms with Gasteiger partial charge in [-0.2, -0.15) is 0 Å². The molecule has 0 aromatic heterocycles. The molecule has 1 fully saturated rings. The van der Waals surface area contributed by atoms with Gasteiger partial charge in [0.05, 0.1) is 24.2 Å². The molecule has 1 aliphatic heterocycles. The number of ether oxygens (including phenoxy) is 2. The van der Waals surface area contributed by atoms with E-state index in [1.807, 2.05) is 20.8 Å². The quantitative estimate of drug-likeness (QED) is 0.626. The van der Waals surface area contributed by atoms with Crippen LogP contribution in [0.1, 0.15) is 73.6 Å². The van der Waals surface area contributed by atoms with Crippen LogP contribution in [0.3, 0.4) is 0 Å². The van der Waals surface area contributed by atoms with Crippen LogP contribution in [-0.2, 0) is 19.1 Å². The fourth-order valence-electron chi connectivity index (χ4n) is 4.30. The minimum absolute atomic E-state index is 0.120. The third-order valence-electron chi connectivity index (χ3n) is 5.30. The Kier molecular flexibility index (Phi) is 7.72. The van der Waals surface area contributed by atoms with Gasteiger partial charge < -0.3 is 19.6 Å². The zero-order valence-corrected chi connectivity index (χ0v) is 18.1. The number of esters is 1. The summed E-state index contributed by atoms with van der Waals surface area (Å²) in [6.07, 6.45) is 3.74. The van der Waals surface area contributed by atoms with Crippen molar-refractivity contribution < 1.29 is 23.9 Å². The lowest BCUT2D eigenvalue weighted by atomic mass is 9.82. The van der Waals surface area contributed by atoms with Crippen LogP contribution in [0.5, 0.6) is 0 Å². The Bertz CT molecular complexity index is 578. The summed E-state index contributed by atoms with van der Waals surface area (Å²) in [5.74, 6) is -0.543. The van der Waals surface area contributed by atoms with Crippen LogP contribution in [0.25, 0.3) is 0 Å². The van der Waals surface area contributed by atoms with E-state index in [2.05, 4.69) is 24.3 Å². The molecule has 1 unspecified atom stereocenters. The normalized spacial score (nSPS) is 26.5. The van der Waals surface area contributed by atoms with E-state index in [1.165, 1.54) is 0 Å². The highest BCUT2D eigenvalue weighted by Gasteiger charge is 2.55. The zero-order valence-electron chi connectivity index (χ0n) is 18.1. The second-order valence-electron chi connectivity index (χ2n) is 8.73. The van der Waals surface area contributed by atoms with E-state index in [4.69, 9.17) is 14.3 Å². The van der Waals surface area contributed by atoms with Gasteiger partial charge in [0.25, 0.3) is 0 Å². The highest BCUT2D eigenvalue weighted by molar-refractivity contribution is 5.93. The molecule has 0 spiro atoms. The minimum Gasteiger partial charge on any atom is -0.466 e. The fraction of sp³-hybridized carbons (Fsp3) is 0.857. The molecule has 0 bridgehead atoms. The minimum atomic E-state index is -0.585. The van der Waals surface area contributed by atoms with Gasteiger partial charge in [0.2, 0.25) is 0 Å². The largest absolute Gasteiger partial charge is 0.466 e. The lowest BCUT2D eigenvalue weighted by Crippen LogP contribution is -2.45. The molecule has 1 saturated carbocycles. The molecule has 28 heavy (non-hydrogen) atoms. The van der Waals surface area contributed by atoms with Crippen molar-refractivity contribution in [1.82, 2.24) is 5.32 Å². The molecule has 1 aliphatic carbocycles. The first-order valence-electron chi connectivity index (χ1n) is 10.6. The number of carbonyl (C=O) groups excluding carboxylic acids is 2. The topological polar surface area (TPSA) is 86.2 Å². The smallest absolute Gasteiger partial charge is 0.407 e. The Balaban J connectivity index is 2.22. The second-order valence-corrected chi connectivity index (χ2v) is 8.73. The number of oxime groups is 1. The van der Waals surface area contributed by atoms with E-state index in [1.54, 1.807) is 6.92 Å². The van der Waals surface area contributed by atoms with Crippen molar-refractivity contribution in [2.45, 2.75) is 91.4 Å². The lowest BCUT2D eigenvalue weighted by molar-refractivity contribution is -0.152. The molecule has 7 nitrogen and oxygen atoms in total. The van der Waals surface area contributed by atoms with Gasteiger partial charge in [0.15, 0.2) is 6.10 Å². The molecular formula is C21H36N2O5. The number of nitrogens with one attached hydrogen (secondary N) is 1. The number of carbonyl (C=O) groups is 2. The second kappa shape index (κ2) is 9.61. The predicted octanol–water partition coefficient (Wildman–Crippen LogP) is 4.05. The van der Waals surface area contributed by atoms with E-state index in [9.17, 15) is 9.59 Å². The molecule has 1 amide bonds. The number of fused-ring (bicyclic) bond motifs is 1. The number of hydrogen-bond donors (Lipinski definition) is 1. The Morgan fingerprint density at radius 1 is 1.21 bits per heavy atom. The van der Waals surface area contributed by atoms with Crippen molar-refractivity contribution in [2.24, 2.45) is 22.9 Å². The summed E-state index contributed by atoms with van der Waals surface area (Å²) >= 11 is 0. The summed E-state index contributed by atoms with van der Waals surface area (Å²) in [5.41, 5.74) is 0.389.